The molecule has 1 aromatic heterocycles. The average Bonchev–Trinajstić information content (AvgIpc) is 2.76. The molecular weight excluding hydrogens is 306 g/mol. The van der Waals surface area contributed by atoms with Crippen LogP contribution >= 0.6 is 22.9 Å². The molecule has 0 unspecified atom stereocenters. The number of aryl methyl sites for hydroxylation is 1. The summed E-state index contributed by atoms with van der Waals surface area (Å²) in [5.74, 6) is 0. The van der Waals surface area contributed by atoms with Crippen molar-refractivity contribution in [3.05, 3.63) is 39.9 Å². The lowest BCUT2D eigenvalue weighted by atomic mass is 10.2. The standard InChI is InChI=1S/C11H12ClN3O2S2/c1-7-2-3-9(4-10(7)12)19(16,17)14-5-8-6-18-11(13)15-8/h2-4,6,14H,5H2,1H3,(H2,13,15). The van der Waals surface area contributed by atoms with Crippen LogP contribution in [0.2, 0.25) is 5.02 Å². The Morgan fingerprint density at radius 3 is 2.79 bits per heavy atom. The van der Waals surface area contributed by atoms with Gasteiger partial charge in [0.25, 0.3) is 0 Å². The SMILES string of the molecule is Cc1ccc(S(=O)(=O)NCc2csc(N)n2)cc1Cl. The molecule has 19 heavy (non-hydrogen) atoms. The van der Waals surface area contributed by atoms with Crippen LogP contribution in [0.4, 0.5) is 5.13 Å². The highest BCUT2D eigenvalue weighted by molar-refractivity contribution is 7.89. The van der Waals surface area contributed by atoms with Crippen LogP contribution < -0.4 is 10.5 Å². The summed E-state index contributed by atoms with van der Waals surface area (Å²) in [5.41, 5.74) is 6.89. The van der Waals surface area contributed by atoms with Gasteiger partial charge in [-0.05, 0) is 24.6 Å². The van der Waals surface area contributed by atoms with Gasteiger partial charge in [0.15, 0.2) is 5.13 Å². The summed E-state index contributed by atoms with van der Waals surface area (Å²) in [6.45, 7) is 1.91. The molecule has 0 saturated carbocycles. The number of rotatable bonds is 4. The molecular formula is C11H12ClN3O2S2. The van der Waals surface area contributed by atoms with Crippen LogP contribution in [0.25, 0.3) is 0 Å². The smallest absolute Gasteiger partial charge is 0.240 e. The Kier molecular flexibility index (Phi) is 4.10. The molecule has 1 heterocycles. The van der Waals surface area contributed by atoms with Gasteiger partial charge in [-0.15, -0.1) is 11.3 Å². The minimum Gasteiger partial charge on any atom is -0.375 e. The van der Waals surface area contributed by atoms with Crippen LogP contribution in [0.3, 0.4) is 0 Å². The predicted molar refractivity (Wildman–Crippen MR) is 76.7 cm³/mol. The molecule has 0 amide bonds. The number of sulfonamides is 1. The quantitative estimate of drug-likeness (QED) is 0.905. The number of anilines is 1. The molecule has 0 aliphatic heterocycles. The summed E-state index contributed by atoms with van der Waals surface area (Å²) < 4.78 is 26.6. The molecule has 0 aliphatic rings. The topological polar surface area (TPSA) is 85.1 Å². The van der Waals surface area contributed by atoms with E-state index in [4.69, 9.17) is 17.3 Å². The molecule has 0 saturated heterocycles. The zero-order chi connectivity index (χ0) is 14.0. The van der Waals surface area contributed by atoms with Crippen molar-refractivity contribution in [3.63, 3.8) is 0 Å². The van der Waals surface area contributed by atoms with Gasteiger partial charge in [-0.2, -0.15) is 0 Å². The van der Waals surface area contributed by atoms with Crippen molar-refractivity contribution in [2.24, 2.45) is 0 Å². The van der Waals surface area contributed by atoms with E-state index >= 15 is 0 Å². The fourth-order valence-electron chi connectivity index (χ4n) is 1.40. The van der Waals surface area contributed by atoms with Crippen molar-refractivity contribution >= 4 is 38.1 Å². The van der Waals surface area contributed by atoms with Gasteiger partial charge in [0, 0.05) is 10.4 Å². The molecule has 0 radical (unpaired) electrons. The zero-order valence-corrected chi connectivity index (χ0v) is 12.4. The lowest BCUT2D eigenvalue weighted by Crippen LogP contribution is -2.23. The number of nitrogens with zero attached hydrogens (tertiary/aromatic N) is 1. The van der Waals surface area contributed by atoms with Crippen LogP contribution in [-0.2, 0) is 16.6 Å². The van der Waals surface area contributed by atoms with Crippen molar-refractivity contribution in [2.45, 2.75) is 18.4 Å². The molecule has 0 fully saturated rings. The molecule has 5 nitrogen and oxygen atoms in total. The minimum atomic E-state index is -3.60. The van der Waals surface area contributed by atoms with E-state index in [9.17, 15) is 8.42 Å². The van der Waals surface area contributed by atoms with E-state index in [1.165, 1.54) is 23.5 Å². The largest absolute Gasteiger partial charge is 0.375 e. The second-order valence-electron chi connectivity index (χ2n) is 3.91. The maximum Gasteiger partial charge on any atom is 0.240 e. The van der Waals surface area contributed by atoms with Crippen molar-refractivity contribution in [3.8, 4) is 0 Å². The maximum atomic E-state index is 12.1. The van der Waals surface area contributed by atoms with Crippen molar-refractivity contribution in [1.29, 1.82) is 0 Å². The summed E-state index contributed by atoms with van der Waals surface area (Å²) in [5, 5.41) is 2.54. The van der Waals surface area contributed by atoms with E-state index in [0.717, 1.165) is 5.56 Å². The Hall–Kier alpha value is -1.15. The first-order valence-electron chi connectivity index (χ1n) is 5.34. The Morgan fingerprint density at radius 2 is 2.21 bits per heavy atom. The molecule has 8 heteroatoms. The lowest BCUT2D eigenvalue weighted by molar-refractivity contribution is 0.580. The van der Waals surface area contributed by atoms with E-state index in [1.807, 2.05) is 6.92 Å². The summed E-state index contributed by atoms with van der Waals surface area (Å²) >= 11 is 7.19. The molecule has 102 valence electrons. The van der Waals surface area contributed by atoms with Crippen molar-refractivity contribution < 1.29 is 8.42 Å². The third-order valence-electron chi connectivity index (χ3n) is 2.47. The first kappa shape index (κ1) is 14.3. The van der Waals surface area contributed by atoms with Gasteiger partial charge in [-0.25, -0.2) is 18.1 Å². The number of nitrogens with one attached hydrogen (secondary N) is 1. The Labute approximate surface area is 120 Å². The molecule has 0 atom stereocenters. The highest BCUT2D eigenvalue weighted by atomic mass is 35.5. The number of hydrogen-bond acceptors (Lipinski definition) is 5. The molecule has 2 aromatic rings. The van der Waals surface area contributed by atoms with Gasteiger partial charge < -0.3 is 5.73 Å². The number of benzene rings is 1. The fraction of sp³-hybridized carbons (Fsp3) is 0.182. The third-order valence-corrected chi connectivity index (χ3v) is 5.00. The molecule has 1 aromatic carbocycles. The van der Waals surface area contributed by atoms with E-state index in [2.05, 4.69) is 9.71 Å². The molecule has 2 rings (SSSR count). The molecule has 0 spiro atoms. The van der Waals surface area contributed by atoms with Gasteiger partial charge in [-0.3, -0.25) is 0 Å². The van der Waals surface area contributed by atoms with Gasteiger partial charge in [-0.1, -0.05) is 17.7 Å². The molecule has 0 aliphatic carbocycles. The van der Waals surface area contributed by atoms with Crippen molar-refractivity contribution in [2.75, 3.05) is 5.73 Å². The summed E-state index contributed by atoms with van der Waals surface area (Å²) in [6.07, 6.45) is 0. The Bertz CT molecular complexity index is 698. The van der Waals surface area contributed by atoms with Crippen molar-refractivity contribution in [1.82, 2.24) is 9.71 Å². The number of aromatic nitrogens is 1. The van der Waals surface area contributed by atoms with E-state index in [-0.39, 0.29) is 11.4 Å². The minimum absolute atomic E-state index is 0.0987. The predicted octanol–water partition coefficient (Wildman–Crippen LogP) is 2.17. The number of halogens is 1. The third kappa shape index (κ3) is 3.44. The van der Waals surface area contributed by atoms with Gasteiger partial charge in [0.2, 0.25) is 10.0 Å². The van der Waals surface area contributed by atoms with E-state index in [1.54, 1.807) is 11.4 Å². The number of thiazole rings is 1. The Balaban J connectivity index is 2.16. The van der Waals surface area contributed by atoms with Gasteiger partial charge in [0.1, 0.15) is 0 Å². The lowest BCUT2D eigenvalue weighted by Gasteiger charge is -2.06. The van der Waals surface area contributed by atoms with Gasteiger partial charge >= 0.3 is 0 Å². The average molecular weight is 318 g/mol. The summed E-state index contributed by atoms with van der Waals surface area (Å²) in [4.78, 5) is 4.11. The number of nitrogens with two attached hydrogens (primary N) is 1. The molecule has 3 N–H and O–H groups in total. The highest BCUT2D eigenvalue weighted by Gasteiger charge is 2.15. The first-order chi connectivity index (χ1) is 8.88. The van der Waals surface area contributed by atoms with Crippen LogP contribution in [0.15, 0.2) is 28.5 Å². The fourth-order valence-corrected chi connectivity index (χ4v) is 3.23. The normalized spacial score (nSPS) is 11.7. The maximum absolute atomic E-state index is 12.1. The first-order valence-corrected chi connectivity index (χ1v) is 8.08. The zero-order valence-electron chi connectivity index (χ0n) is 10.1. The Morgan fingerprint density at radius 1 is 1.47 bits per heavy atom. The highest BCUT2D eigenvalue weighted by Crippen LogP contribution is 2.20. The van der Waals surface area contributed by atoms with Crippen LogP contribution in [-0.4, -0.2) is 13.4 Å². The van der Waals surface area contributed by atoms with Crippen LogP contribution in [0, 0.1) is 6.92 Å². The molecule has 0 bridgehead atoms. The number of nitrogen functional groups attached to an aromatic ring is 1. The second-order valence-corrected chi connectivity index (χ2v) is 6.98. The summed E-state index contributed by atoms with van der Waals surface area (Å²) in [6, 6.07) is 4.60. The van der Waals surface area contributed by atoms with Crippen LogP contribution in [0.5, 0.6) is 0 Å². The second kappa shape index (κ2) is 5.46. The monoisotopic (exact) mass is 317 g/mol. The van der Waals surface area contributed by atoms with Crippen LogP contribution in [0.1, 0.15) is 11.3 Å². The van der Waals surface area contributed by atoms with E-state index < -0.39 is 10.0 Å². The number of hydrogen-bond donors (Lipinski definition) is 2. The summed E-state index contributed by atoms with van der Waals surface area (Å²) in [7, 11) is -3.60. The van der Waals surface area contributed by atoms with Gasteiger partial charge in [0.05, 0.1) is 17.1 Å². The van der Waals surface area contributed by atoms with E-state index in [0.29, 0.717) is 15.8 Å².